The van der Waals surface area contributed by atoms with E-state index in [0.29, 0.717) is 23.7 Å². The van der Waals surface area contributed by atoms with Crippen molar-refractivity contribution in [1.82, 2.24) is 4.90 Å². The number of fused-ring (bicyclic) bond motifs is 2. The highest BCUT2D eigenvalue weighted by molar-refractivity contribution is 5.90. The minimum Gasteiger partial charge on any atom is -0.454 e. The first kappa shape index (κ1) is 13.0. The molecule has 2 aliphatic rings. The number of ether oxygens (including phenoxy) is 2. The molecular weight excluding hydrogens is 280 g/mol. The summed E-state index contributed by atoms with van der Waals surface area (Å²) in [4.78, 5) is 14.2. The van der Waals surface area contributed by atoms with Gasteiger partial charge in [0.25, 0.3) is 0 Å². The summed E-state index contributed by atoms with van der Waals surface area (Å²) in [5.74, 6) is 1.38. The number of nitrogens with one attached hydrogen (secondary N) is 1. The lowest BCUT2D eigenvalue weighted by Gasteiger charge is -2.29. The molecule has 0 aliphatic carbocycles. The van der Waals surface area contributed by atoms with E-state index in [-0.39, 0.29) is 12.8 Å². The van der Waals surface area contributed by atoms with E-state index >= 15 is 0 Å². The van der Waals surface area contributed by atoms with Gasteiger partial charge in [-0.25, -0.2) is 4.79 Å². The van der Waals surface area contributed by atoms with Crippen molar-refractivity contribution < 1.29 is 14.3 Å². The number of amides is 2. The van der Waals surface area contributed by atoms with E-state index in [0.717, 1.165) is 13.0 Å². The van der Waals surface area contributed by atoms with Crippen LogP contribution in [0.25, 0.3) is 0 Å². The van der Waals surface area contributed by atoms with Crippen LogP contribution in [0.1, 0.15) is 11.1 Å². The summed E-state index contributed by atoms with van der Waals surface area (Å²) in [6.45, 7) is 1.61. The Kier molecular flexibility index (Phi) is 3.11. The van der Waals surface area contributed by atoms with Crippen LogP contribution in [-0.4, -0.2) is 24.3 Å². The number of rotatable bonds is 1. The zero-order valence-electron chi connectivity index (χ0n) is 12.0. The molecule has 2 aliphatic heterocycles. The third kappa shape index (κ3) is 2.35. The fraction of sp³-hybridized carbons (Fsp3) is 0.235. The van der Waals surface area contributed by atoms with Crippen molar-refractivity contribution in [2.75, 3.05) is 18.7 Å². The lowest BCUT2D eigenvalue weighted by atomic mass is 10.0. The number of anilines is 1. The Morgan fingerprint density at radius 3 is 2.77 bits per heavy atom. The molecule has 0 radical (unpaired) electrons. The zero-order chi connectivity index (χ0) is 14.9. The van der Waals surface area contributed by atoms with Gasteiger partial charge in [0.1, 0.15) is 0 Å². The van der Waals surface area contributed by atoms with Gasteiger partial charge < -0.3 is 19.7 Å². The molecule has 0 unspecified atom stereocenters. The predicted molar refractivity (Wildman–Crippen MR) is 82.1 cm³/mol. The van der Waals surface area contributed by atoms with E-state index in [2.05, 4.69) is 17.4 Å². The van der Waals surface area contributed by atoms with Gasteiger partial charge in [0.05, 0.1) is 0 Å². The molecule has 0 aromatic heterocycles. The minimum absolute atomic E-state index is 0.0895. The van der Waals surface area contributed by atoms with Crippen LogP contribution in [-0.2, 0) is 13.0 Å². The summed E-state index contributed by atoms with van der Waals surface area (Å²) in [5, 5.41) is 2.92. The van der Waals surface area contributed by atoms with Gasteiger partial charge in [-0.15, -0.1) is 0 Å². The van der Waals surface area contributed by atoms with Gasteiger partial charge in [-0.3, -0.25) is 0 Å². The number of carbonyl (C=O) groups is 1. The summed E-state index contributed by atoms with van der Waals surface area (Å²) >= 11 is 0. The number of nitrogens with zero attached hydrogens (tertiary/aromatic N) is 1. The Hall–Kier alpha value is -2.69. The molecule has 2 aromatic rings. The Labute approximate surface area is 128 Å². The van der Waals surface area contributed by atoms with Gasteiger partial charge in [0.15, 0.2) is 11.5 Å². The maximum Gasteiger partial charge on any atom is 0.322 e. The second-order valence-electron chi connectivity index (χ2n) is 5.44. The highest BCUT2D eigenvalue weighted by Gasteiger charge is 2.21. The van der Waals surface area contributed by atoms with Crippen LogP contribution in [0.5, 0.6) is 11.5 Å². The molecule has 0 saturated heterocycles. The molecule has 1 N–H and O–H groups in total. The number of urea groups is 1. The molecule has 5 heteroatoms. The van der Waals surface area contributed by atoms with Gasteiger partial charge in [-0.2, -0.15) is 0 Å². The summed E-state index contributed by atoms with van der Waals surface area (Å²) in [7, 11) is 0. The van der Waals surface area contributed by atoms with Crippen LogP contribution in [0, 0.1) is 0 Å². The molecule has 0 fully saturated rings. The summed E-state index contributed by atoms with van der Waals surface area (Å²) < 4.78 is 10.6. The number of carbonyl (C=O) groups excluding carboxylic acids is 1. The van der Waals surface area contributed by atoms with Gasteiger partial charge in [-0.05, 0) is 29.7 Å². The van der Waals surface area contributed by atoms with Crippen LogP contribution < -0.4 is 14.8 Å². The first-order valence-corrected chi connectivity index (χ1v) is 7.32. The Bertz CT molecular complexity index is 730. The second kappa shape index (κ2) is 5.26. The fourth-order valence-electron chi connectivity index (χ4n) is 2.85. The third-order valence-corrected chi connectivity index (χ3v) is 4.04. The molecule has 2 amide bonds. The normalized spacial score (nSPS) is 15.4. The van der Waals surface area contributed by atoms with Crippen molar-refractivity contribution in [3.63, 3.8) is 0 Å². The largest absolute Gasteiger partial charge is 0.454 e. The third-order valence-electron chi connectivity index (χ3n) is 4.04. The van der Waals surface area contributed by atoms with E-state index in [9.17, 15) is 4.79 Å². The lowest BCUT2D eigenvalue weighted by molar-refractivity contribution is 0.174. The van der Waals surface area contributed by atoms with Crippen LogP contribution in [0.2, 0.25) is 0 Å². The SMILES string of the molecule is O=C(Nc1ccc2c(c1)OCO2)N1CCc2ccccc2C1. The van der Waals surface area contributed by atoms with Crippen LogP contribution in [0.4, 0.5) is 10.5 Å². The van der Waals surface area contributed by atoms with Crippen molar-refractivity contribution in [3.8, 4) is 11.5 Å². The Morgan fingerprint density at radius 2 is 1.86 bits per heavy atom. The van der Waals surface area contributed by atoms with Crippen molar-refractivity contribution >= 4 is 11.7 Å². The number of hydrogen-bond acceptors (Lipinski definition) is 3. The average molecular weight is 296 g/mol. The first-order valence-electron chi connectivity index (χ1n) is 7.32. The van der Waals surface area contributed by atoms with E-state index in [4.69, 9.17) is 9.47 Å². The highest BCUT2D eigenvalue weighted by Crippen LogP contribution is 2.34. The maximum absolute atomic E-state index is 12.4. The molecule has 22 heavy (non-hydrogen) atoms. The van der Waals surface area contributed by atoms with Gasteiger partial charge in [0, 0.05) is 24.8 Å². The van der Waals surface area contributed by atoms with E-state index in [1.807, 2.05) is 29.2 Å². The molecule has 4 rings (SSSR count). The second-order valence-corrected chi connectivity index (χ2v) is 5.44. The lowest BCUT2D eigenvalue weighted by Crippen LogP contribution is -2.38. The molecule has 112 valence electrons. The number of hydrogen-bond donors (Lipinski definition) is 1. The highest BCUT2D eigenvalue weighted by atomic mass is 16.7. The van der Waals surface area contributed by atoms with Crippen LogP contribution in [0.15, 0.2) is 42.5 Å². The van der Waals surface area contributed by atoms with Crippen LogP contribution >= 0.6 is 0 Å². The molecular formula is C17H16N2O3. The van der Waals surface area contributed by atoms with Gasteiger partial charge >= 0.3 is 6.03 Å². The molecule has 2 aromatic carbocycles. The molecule has 0 spiro atoms. The van der Waals surface area contributed by atoms with Crippen molar-refractivity contribution in [3.05, 3.63) is 53.6 Å². The van der Waals surface area contributed by atoms with E-state index < -0.39 is 0 Å². The van der Waals surface area contributed by atoms with Gasteiger partial charge in [0.2, 0.25) is 6.79 Å². The number of benzene rings is 2. The monoisotopic (exact) mass is 296 g/mol. The summed E-state index contributed by atoms with van der Waals surface area (Å²) in [6.07, 6.45) is 0.894. The predicted octanol–water partition coefficient (Wildman–Crippen LogP) is 3.01. The maximum atomic E-state index is 12.4. The quantitative estimate of drug-likeness (QED) is 0.880. The fourth-order valence-corrected chi connectivity index (χ4v) is 2.85. The molecule has 5 nitrogen and oxygen atoms in total. The zero-order valence-corrected chi connectivity index (χ0v) is 12.0. The Balaban J connectivity index is 1.47. The molecule has 0 saturated carbocycles. The topological polar surface area (TPSA) is 50.8 Å². The van der Waals surface area contributed by atoms with Crippen molar-refractivity contribution in [2.45, 2.75) is 13.0 Å². The van der Waals surface area contributed by atoms with Crippen LogP contribution in [0.3, 0.4) is 0 Å². The molecule has 2 heterocycles. The Morgan fingerprint density at radius 1 is 1.05 bits per heavy atom. The van der Waals surface area contributed by atoms with E-state index in [1.54, 1.807) is 6.07 Å². The molecule has 0 bridgehead atoms. The standard InChI is InChI=1S/C17H16N2O3/c20-17(18-14-5-6-15-16(9-14)22-11-21-15)19-8-7-12-3-1-2-4-13(12)10-19/h1-6,9H,7-8,10-11H2,(H,18,20). The summed E-state index contributed by atoms with van der Waals surface area (Å²) in [6, 6.07) is 13.6. The smallest absolute Gasteiger partial charge is 0.322 e. The molecule has 0 atom stereocenters. The van der Waals surface area contributed by atoms with Crippen molar-refractivity contribution in [1.29, 1.82) is 0 Å². The summed E-state index contributed by atoms with van der Waals surface area (Å²) in [5.41, 5.74) is 3.26. The average Bonchev–Trinajstić information content (AvgIpc) is 3.02. The minimum atomic E-state index is -0.0895. The van der Waals surface area contributed by atoms with E-state index in [1.165, 1.54) is 11.1 Å². The van der Waals surface area contributed by atoms with Gasteiger partial charge in [-0.1, -0.05) is 24.3 Å². The first-order chi connectivity index (χ1) is 10.8. The van der Waals surface area contributed by atoms with Crippen molar-refractivity contribution in [2.24, 2.45) is 0 Å².